The Morgan fingerprint density at radius 3 is 2.07 bits per heavy atom. The normalized spacial score (nSPS) is 11.6. The van der Waals surface area contributed by atoms with Gasteiger partial charge >= 0.3 is 0 Å². The molecular formula is C11H22N2O2. The smallest absolute Gasteiger partial charge is 0.233 e. The van der Waals surface area contributed by atoms with Gasteiger partial charge in [0, 0.05) is 12.5 Å². The van der Waals surface area contributed by atoms with Crippen molar-refractivity contribution in [2.24, 2.45) is 5.41 Å². The monoisotopic (exact) mass is 214 g/mol. The van der Waals surface area contributed by atoms with Crippen molar-refractivity contribution in [2.75, 3.05) is 26.7 Å². The van der Waals surface area contributed by atoms with Crippen LogP contribution in [0.4, 0.5) is 0 Å². The molecular weight excluding hydrogens is 192 g/mol. The zero-order chi connectivity index (χ0) is 12.1. The first-order valence-corrected chi connectivity index (χ1v) is 5.27. The van der Waals surface area contributed by atoms with E-state index in [0.717, 1.165) is 0 Å². The van der Waals surface area contributed by atoms with Crippen LogP contribution in [0.3, 0.4) is 0 Å². The van der Waals surface area contributed by atoms with Crippen molar-refractivity contribution in [1.82, 2.24) is 10.2 Å². The van der Waals surface area contributed by atoms with Gasteiger partial charge in [-0.25, -0.2) is 0 Å². The van der Waals surface area contributed by atoms with Gasteiger partial charge < -0.3 is 5.32 Å². The standard InChI is InChI=1S/C11H22N2O2/c1-6-13(8-10(15)12-5)7-9(14)11(2,3)4/h6-8H2,1-5H3,(H,12,15). The van der Waals surface area contributed by atoms with Crippen molar-refractivity contribution in [2.45, 2.75) is 27.7 Å². The molecule has 0 saturated heterocycles. The van der Waals surface area contributed by atoms with E-state index in [2.05, 4.69) is 5.32 Å². The molecule has 0 unspecified atom stereocenters. The van der Waals surface area contributed by atoms with Crippen LogP contribution in [-0.2, 0) is 9.59 Å². The van der Waals surface area contributed by atoms with Crippen molar-refractivity contribution in [3.8, 4) is 0 Å². The fourth-order valence-corrected chi connectivity index (χ4v) is 1.00. The van der Waals surface area contributed by atoms with Crippen LogP contribution in [0, 0.1) is 5.41 Å². The lowest BCUT2D eigenvalue weighted by molar-refractivity contribution is -0.128. The predicted molar refractivity (Wildman–Crippen MR) is 60.6 cm³/mol. The SMILES string of the molecule is CCN(CC(=O)NC)CC(=O)C(C)(C)C. The quantitative estimate of drug-likeness (QED) is 0.732. The van der Waals surface area contributed by atoms with Crippen molar-refractivity contribution in [1.29, 1.82) is 0 Å². The van der Waals surface area contributed by atoms with Crippen LogP contribution < -0.4 is 5.32 Å². The number of rotatable bonds is 5. The lowest BCUT2D eigenvalue weighted by atomic mass is 9.90. The Kier molecular flexibility index (Phi) is 5.50. The average molecular weight is 214 g/mol. The molecule has 0 fully saturated rings. The minimum Gasteiger partial charge on any atom is -0.358 e. The minimum atomic E-state index is -0.337. The average Bonchev–Trinajstić information content (AvgIpc) is 2.14. The number of hydrogen-bond donors (Lipinski definition) is 1. The summed E-state index contributed by atoms with van der Waals surface area (Å²) in [6, 6.07) is 0. The van der Waals surface area contributed by atoms with Crippen LogP contribution in [0.15, 0.2) is 0 Å². The maximum atomic E-state index is 11.7. The molecule has 0 aliphatic carbocycles. The summed E-state index contributed by atoms with van der Waals surface area (Å²) in [6.45, 7) is 8.95. The van der Waals surface area contributed by atoms with Gasteiger partial charge in [-0.1, -0.05) is 27.7 Å². The van der Waals surface area contributed by atoms with E-state index in [0.29, 0.717) is 13.1 Å². The molecule has 88 valence electrons. The van der Waals surface area contributed by atoms with E-state index in [9.17, 15) is 9.59 Å². The maximum absolute atomic E-state index is 11.7. The van der Waals surface area contributed by atoms with Gasteiger partial charge in [-0.3, -0.25) is 14.5 Å². The van der Waals surface area contributed by atoms with E-state index in [1.165, 1.54) is 0 Å². The van der Waals surface area contributed by atoms with E-state index in [1.807, 2.05) is 32.6 Å². The molecule has 4 nitrogen and oxygen atoms in total. The third-order valence-electron chi connectivity index (χ3n) is 2.30. The fraction of sp³-hybridized carbons (Fsp3) is 0.818. The third-order valence-corrected chi connectivity index (χ3v) is 2.30. The molecule has 0 aliphatic rings. The Morgan fingerprint density at radius 1 is 1.20 bits per heavy atom. The summed E-state index contributed by atoms with van der Waals surface area (Å²) in [4.78, 5) is 24.7. The number of amides is 1. The van der Waals surface area contributed by atoms with Gasteiger partial charge in [0.2, 0.25) is 5.91 Å². The Balaban J connectivity index is 4.22. The molecule has 15 heavy (non-hydrogen) atoms. The van der Waals surface area contributed by atoms with Crippen LogP contribution in [0.5, 0.6) is 0 Å². The molecule has 0 atom stereocenters. The summed E-state index contributed by atoms with van der Waals surface area (Å²) >= 11 is 0. The van der Waals surface area contributed by atoms with Crippen LogP contribution in [-0.4, -0.2) is 43.3 Å². The molecule has 0 spiro atoms. The third kappa shape index (κ3) is 5.52. The minimum absolute atomic E-state index is 0.0569. The molecule has 0 aromatic carbocycles. The molecule has 0 aromatic rings. The first kappa shape index (κ1) is 14.1. The van der Waals surface area contributed by atoms with Crippen molar-refractivity contribution >= 4 is 11.7 Å². The van der Waals surface area contributed by atoms with Gasteiger partial charge in [-0.15, -0.1) is 0 Å². The van der Waals surface area contributed by atoms with E-state index in [4.69, 9.17) is 0 Å². The highest BCUT2D eigenvalue weighted by molar-refractivity contribution is 5.86. The van der Waals surface area contributed by atoms with Crippen LogP contribution in [0.1, 0.15) is 27.7 Å². The van der Waals surface area contributed by atoms with Gasteiger partial charge in [0.05, 0.1) is 13.1 Å². The lowest BCUT2D eigenvalue weighted by Crippen LogP contribution is -2.41. The summed E-state index contributed by atoms with van der Waals surface area (Å²) in [5.74, 6) is 0.104. The highest BCUT2D eigenvalue weighted by atomic mass is 16.2. The Hall–Kier alpha value is -0.900. The molecule has 0 saturated carbocycles. The molecule has 0 aliphatic heterocycles. The summed E-state index contributed by atoms with van der Waals surface area (Å²) in [5.41, 5.74) is -0.337. The summed E-state index contributed by atoms with van der Waals surface area (Å²) < 4.78 is 0. The highest BCUT2D eigenvalue weighted by Gasteiger charge is 2.23. The van der Waals surface area contributed by atoms with E-state index >= 15 is 0 Å². The molecule has 0 heterocycles. The summed E-state index contributed by atoms with van der Waals surface area (Å²) in [7, 11) is 1.60. The number of carbonyl (C=O) groups is 2. The van der Waals surface area contributed by atoms with E-state index < -0.39 is 0 Å². The number of carbonyl (C=O) groups excluding carboxylic acids is 2. The number of Topliss-reactive ketones (excluding diaryl/α,β-unsaturated/α-hetero) is 1. The van der Waals surface area contributed by atoms with Gasteiger partial charge in [0.1, 0.15) is 0 Å². The van der Waals surface area contributed by atoms with Gasteiger partial charge in [-0.05, 0) is 6.54 Å². The number of nitrogens with one attached hydrogen (secondary N) is 1. The fourth-order valence-electron chi connectivity index (χ4n) is 1.00. The maximum Gasteiger partial charge on any atom is 0.233 e. The van der Waals surface area contributed by atoms with E-state index in [1.54, 1.807) is 7.05 Å². The Bertz CT molecular complexity index is 231. The van der Waals surface area contributed by atoms with Crippen molar-refractivity contribution in [3.63, 3.8) is 0 Å². The van der Waals surface area contributed by atoms with Crippen LogP contribution in [0.2, 0.25) is 0 Å². The molecule has 0 aromatic heterocycles. The molecule has 1 N–H and O–H groups in total. The van der Waals surface area contributed by atoms with Crippen LogP contribution in [0.25, 0.3) is 0 Å². The lowest BCUT2D eigenvalue weighted by Gasteiger charge is -2.23. The number of ketones is 1. The molecule has 0 bridgehead atoms. The first-order valence-electron chi connectivity index (χ1n) is 5.27. The molecule has 0 radical (unpaired) electrons. The van der Waals surface area contributed by atoms with Crippen molar-refractivity contribution in [3.05, 3.63) is 0 Å². The largest absolute Gasteiger partial charge is 0.358 e. The first-order chi connectivity index (χ1) is 6.81. The Labute approximate surface area is 92.0 Å². The van der Waals surface area contributed by atoms with Gasteiger partial charge in [0.15, 0.2) is 5.78 Å². The molecule has 1 amide bonds. The molecule has 4 heteroatoms. The second kappa shape index (κ2) is 5.85. The van der Waals surface area contributed by atoms with E-state index in [-0.39, 0.29) is 23.7 Å². The topological polar surface area (TPSA) is 49.4 Å². The number of likely N-dealkylation sites (N-methyl/N-ethyl adjacent to an activating group) is 2. The summed E-state index contributed by atoms with van der Waals surface area (Å²) in [5, 5.41) is 2.55. The summed E-state index contributed by atoms with van der Waals surface area (Å²) in [6.07, 6.45) is 0. The zero-order valence-electron chi connectivity index (χ0n) is 10.4. The zero-order valence-corrected chi connectivity index (χ0v) is 10.4. The van der Waals surface area contributed by atoms with Gasteiger partial charge in [-0.2, -0.15) is 0 Å². The second-order valence-corrected chi connectivity index (χ2v) is 4.65. The highest BCUT2D eigenvalue weighted by Crippen LogP contribution is 2.14. The Morgan fingerprint density at radius 2 is 1.73 bits per heavy atom. The number of nitrogens with zero attached hydrogens (tertiary/aromatic N) is 1. The number of hydrogen-bond acceptors (Lipinski definition) is 3. The molecule has 0 rings (SSSR count). The second-order valence-electron chi connectivity index (χ2n) is 4.65. The van der Waals surface area contributed by atoms with Crippen LogP contribution >= 0.6 is 0 Å². The predicted octanol–water partition coefficient (Wildman–Crippen LogP) is 0.669. The van der Waals surface area contributed by atoms with Crippen molar-refractivity contribution < 1.29 is 9.59 Å². The van der Waals surface area contributed by atoms with Gasteiger partial charge in [0.25, 0.3) is 0 Å².